The van der Waals surface area contributed by atoms with Crippen LogP contribution < -0.4 is 5.73 Å². The van der Waals surface area contributed by atoms with E-state index in [1.54, 1.807) is 24.5 Å². The summed E-state index contributed by atoms with van der Waals surface area (Å²) >= 11 is 1.39. The first-order valence-corrected chi connectivity index (χ1v) is 6.65. The highest BCUT2D eigenvalue weighted by atomic mass is 32.2. The van der Waals surface area contributed by atoms with Crippen molar-refractivity contribution >= 4 is 11.8 Å². The largest absolute Gasteiger partial charge is 0.330 e. The van der Waals surface area contributed by atoms with Gasteiger partial charge in [0.15, 0.2) is 0 Å². The third-order valence-corrected chi connectivity index (χ3v) is 3.43. The highest BCUT2D eigenvalue weighted by Crippen LogP contribution is 2.23. The normalized spacial score (nSPS) is 10.6. The van der Waals surface area contributed by atoms with Crippen LogP contribution in [0.2, 0.25) is 0 Å². The van der Waals surface area contributed by atoms with Crippen molar-refractivity contribution in [1.82, 2.24) is 9.97 Å². The van der Waals surface area contributed by atoms with Gasteiger partial charge in [-0.05, 0) is 30.7 Å². The molecule has 0 bridgehead atoms. The molecule has 0 radical (unpaired) electrons. The molecule has 0 fully saturated rings. The zero-order chi connectivity index (χ0) is 12.8. The molecule has 0 spiro atoms. The quantitative estimate of drug-likeness (QED) is 0.842. The summed E-state index contributed by atoms with van der Waals surface area (Å²) in [6, 6.07) is 6.70. The zero-order valence-corrected chi connectivity index (χ0v) is 10.7. The fraction of sp³-hybridized carbons (Fsp3) is 0.231. The van der Waals surface area contributed by atoms with Gasteiger partial charge in [0.25, 0.3) is 0 Å². The summed E-state index contributed by atoms with van der Waals surface area (Å²) in [7, 11) is 0. The van der Waals surface area contributed by atoms with Crippen molar-refractivity contribution in [1.29, 1.82) is 0 Å². The maximum atomic E-state index is 13.4. The van der Waals surface area contributed by atoms with Crippen LogP contribution >= 0.6 is 11.8 Å². The van der Waals surface area contributed by atoms with E-state index in [0.717, 1.165) is 12.0 Å². The maximum Gasteiger partial charge on any atom is 0.138 e. The number of nitrogens with zero attached hydrogens (tertiary/aromatic N) is 2. The van der Waals surface area contributed by atoms with E-state index in [9.17, 15) is 4.39 Å². The van der Waals surface area contributed by atoms with Gasteiger partial charge >= 0.3 is 0 Å². The highest BCUT2D eigenvalue weighted by molar-refractivity contribution is 7.98. The van der Waals surface area contributed by atoms with Gasteiger partial charge in [-0.15, -0.1) is 11.8 Å². The minimum absolute atomic E-state index is 0.206. The van der Waals surface area contributed by atoms with Crippen LogP contribution in [-0.4, -0.2) is 16.5 Å². The summed E-state index contributed by atoms with van der Waals surface area (Å²) < 4.78 is 13.4. The molecule has 2 N–H and O–H groups in total. The lowest BCUT2D eigenvalue weighted by Gasteiger charge is -2.03. The summed E-state index contributed by atoms with van der Waals surface area (Å²) in [5.74, 6) is 1.05. The minimum Gasteiger partial charge on any atom is -0.330 e. The Hall–Kier alpha value is -1.46. The summed E-state index contributed by atoms with van der Waals surface area (Å²) in [5, 5.41) is 0. The molecule has 0 aliphatic rings. The lowest BCUT2D eigenvalue weighted by molar-refractivity contribution is 0.602. The molecule has 0 unspecified atom stereocenters. The van der Waals surface area contributed by atoms with E-state index in [2.05, 4.69) is 9.97 Å². The molecule has 0 saturated carbocycles. The maximum absolute atomic E-state index is 13.4. The molecule has 94 valence electrons. The lowest BCUT2D eigenvalue weighted by Crippen LogP contribution is -2.04. The molecule has 0 atom stereocenters. The van der Waals surface area contributed by atoms with Gasteiger partial charge < -0.3 is 5.73 Å². The number of hydrogen-bond acceptors (Lipinski definition) is 4. The second-order valence-electron chi connectivity index (χ2n) is 3.77. The molecule has 3 nitrogen and oxygen atoms in total. The Morgan fingerprint density at radius 3 is 2.56 bits per heavy atom. The standard InChI is InChI=1S/C13H14FN3S/c14-11-3-1-2-4-12(11)18-9-13-16-7-10(5-6-15)8-17-13/h1-4,7-8H,5-6,9,15H2. The van der Waals surface area contributed by atoms with Crippen molar-refractivity contribution in [2.45, 2.75) is 17.1 Å². The summed E-state index contributed by atoms with van der Waals surface area (Å²) in [4.78, 5) is 9.08. The van der Waals surface area contributed by atoms with E-state index in [1.807, 2.05) is 6.07 Å². The highest BCUT2D eigenvalue weighted by Gasteiger charge is 2.03. The molecular formula is C13H14FN3S. The second kappa shape index (κ2) is 6.47. The van der Waals surface area contributed by atoms with Crippen LogP contribution in [0.4, 0.5) is 4.39 Å². The van der Waals surface area contributed by atoms with Crippen LogP contribution in [0.5, 0.6) is 0 Å². The average molecular weight is 263 g/mol. The van der Waals surface area contributed by atoms with Crippen molar-refractivity contribution in [3.8, 4) is 0 Å². The van der Waals surface area contributed by atoms with Gasteiger partial charge in [-0.3, -0.25) is 0 Å². The smallest absolute Gasteiger partial charge is 0.138 e. The van der Waals surface area contributed by atoms with Crippen LogP contribution in [0.3, 0.4) is 0 Å². The Morgan fingerprint density at radius 1 is 1.17 bits per heavy atom. The second-order valence-corrected chi connectivity index (χ2v) is 4.78. The van der Waals surface area contributed by atoms with Gasteiger partial charge in [0.05, 0.1) is 5.75 Å². The molecule has 18 heavy (non-hydrogen) atoms. The molecule has 1 heterocycles. The van der Waals surface area contributed by atoms with Crippen molar-refractivity contribution < 1.29 is 4.39 Å². The van der Waals surface area contributed by atoms with Gasteiger partial charge in [0, 0.05) is 17.3 Å². The number of nitrogens with two attached hydrogens (primary N) is 1. The molecule has 1 aromatic heterocycles. The number of hydrogen-bond donors (Lipinski definition) is 1. The van der Waals surface area contributed by atoms with Crippen molar-refractivity contribution in [3.05, 3.63) is 53.9 Å². The van der Waals surface area contributed by atoms with Crippen LogP contribution in [0, 0.1) is 5.82 Å². The molecule has 0 saturated heterocycles. The first kappa shape index (κ1) is 13.0. The first-order valence-electron chi connectivity index (χ1n) is 5.67. The van der Waals surface area contributed by atoms with Crippen molar-refractivity contribution in [2.24, 2.45) is 5.73 Å². The fourth-order valence-corrected chi connectivity index (χ4v) is 2.27. The van der Waals surface area contributed by atoms with E-state index < -0.39 is 0 Å². The van der Waals surface area contributed by atoms with E-state index in [0.29, 0.717) is 23.0 Å². The predicted octanol–water partition coefficient (Wildman–Crippen LogP) is 2.41. The van der Waals surface area contributed by atoms with Gasteiger partial charge in [0.2, 0.25) is 0 Å². The third-order valence-electron chi connectivity index (χ3n) is 2.39. The Morgan fingerprint density at radius 2 is 1.89 bits per heavy atom. The van der Waals surface area contributed by atoms with Gasteiger partial charge in [-0.2, -0.15) is 0 Å². The average Bonchev–Trinajstić information content (AvgIpc) is 2.40. The fourth-order valence-electron chi connectivity index (χ4n) is 1.46. The van der Waals surface area contributed by atoms with Crippen LogP contribution in [-0.2, 0) is 12.2 Å². The van der Waals surface area contributed by atoms with E-state index in [-0.39, 0.29) is 5.82 Å². The third kappa shape index (κ3) is 3.51. The number of benzene rings is 1. The monoisotopic (exact) mass is 263 g/mol. The summed E-state index contributed by atoms with van der Waals surface area (Å²) in [6.07, 6.45) is 4.33. The first-order chi connectivity index (χ1) is 8.79. The van der Waals surface area contributed by atoms with E-state index >= 15 is 0 Å². The van der Waals surface area contributed by atoms with Crippen LogP contribution in [0.25, 0.3) is 0 Å². The molecule has 2 aromatic rings. The number of thioether (sulfide) groups is 1. The molecular weight excluding hydrogens is 249 g/mol. The van der Waals surface area contributed by atoms with Gasteiger partial charge in [-0.25, -0.2) is 14.4 Å². The Labute approximate surface area is 110 Å². The zero-order valence-electron chi connectivity index (χ0n) is 9.84. The molecule has 0 aliphatic carbocycles. The molecule has 2 rings (SSSR count). The van der Waals surface area contributed by atoms with E-state index in [4.69, 9.17) is 5.73 Å². The lowest BCUT2D eigenvalue weighted by atomic mass is 10.2. The van der Waals surface area contributed by atoms with Gasteiger partial charge in [-0.1, -0.05) is 12.1 Å². The predicted molar refractivity (Wildman–Crippen MR) is 70.8 cm³/mol. The van der Waals surface area contributed by atoms with Crippen molar-refractivity contribution in [3.63, 3.8) is 0 Å². The number of aromatic nitrogens is 2. The van der Waals surface area contributed by atoms with Crippen LogP contribution in [0.15, 0.2) is 41.6 Å². The minimum atomic E-state index is -0.206. The SMILES string of the molecule is NCCc1cnc(CSc2ccccc2F)nc1. The Bertz CT molecular complexity index is 502. The molecule has 5 heteroatoms. The van der Waals surface area contributed by atoms with Gasteiger partial charge in [0.1, 0.15) is 11.6 Å². The van der Waals surface area contributed by atoms with Crippen LogP contribution in [0.1, 0.15) is 11.4 Å². The topological polar surface area (TPSA) is 51.8 Å². The van der Waals surface area contributed by atoms with Crippen molar-refractivity contribution in [2.75, 3.05) is 6.54 Å². The molecule has 0 amide bonds. The van der Waals surface area contributed by atoms with E-state index in [1.165, 1.54) is 17.8 Å². The number of rotatable bonds is 5. The molecule has 0 aliphatic heterocycles. The Kier molecular flexibility index (Phi) is 4.66. The Balaban J connectivity index is 1.96. The molecule has 1 aromatic carbocycles. The summed E-state index contributed by atoms with van der Waals surface area (Å²) in [5.41, 5.74) is 6.47. The number of halogens is 1. The summed E-state index contributed by atoms with van der Waals surface area (Å²) in [6.45, 7) is 0.590.